The molecule has 0 aliphatic heterocycles. The summed E-state index contributed by atoms with van der Waals surface area (Å²) < 4.78 is 39.5. The summed E-state index contributed by atoms with van der Waals surface area (Å²) >= 11 is 0. The molecule has 0 radical (unpaired) electrons. The average Bonchev–Trinajstić information content (AvgIpc) is 3.16. The molecule has 5 rings (SSSR count). The SMILES string of the molecule is FC(F)(F)c1cccc(-c2nc(Nc3n[nH]c4ccccc34)c3ccccc3n2)c1. The second kappa shape index (κ2) is 6.84. The van der Waals surface area contributed by atoms with Crippen LogP contribution in [0.2, 0.25) is 0 Å². The minimum Gasteiger partial charge on any atom is -0.322 e. The van der Waals surface area contributed by atoms with Crippen LogP contribution in [-0.4, -0.2) is 20.2 Å². The second-order valence-corrected chi connectivity index (χ2v) is 6.73. The predicted molar refractivity (Wildman–Crippen MR) is 109 cm³/mol. The highest BCUT2D eigenvalue weighted by molar-refractivity contribution is 5.96. The van der Waals surface area contributed by atoms with Crippen molar-refractivity contribution in [3.8, 4) is 11.4 Å². The lowest BCUT2D eigenvalue weighted by molar-refractivity contribution is -0.137. The highest BCUT2D eigenvalue weighted by Crippen LogP contribution is 2.33. The zero-order valence-electron chi connectivity index (χ0n) is 15.4. The average molecular weight is 405 g/mol. The van der Waals surface area contributed by atoms with Gasteiger partial charge < -0.3 is 5.32 Å². The molecule has 30 heavy (non-hydrogen) atoms. The molecule has 0 aliphatic rings. The lowest BCUT2D eigenvalue weighted by Gasteiger charge is -2.11. The van der Waals surface area contributed by atoms with Gasteiger partial charge >= 0.3 is 6.18 Å². The van der Waals surface area contributed by atoms with Gasteiger partial charge in [-0.2, -0.15) is 18.3 Å². The fourth-order valence-corrected chi connectivity index (χ4v) is 3.31. The fourth-order valence-electron chi connectivity index (χ4n) is 3.31. The topological polar surface area (TPSA) is 66.5 Å². The molecule has 0 saturated heterocycles. The molecule has 8 heteroatoms. The van der Waals surface area contributed by atoms with Gasteiger partial charge in [-0.05, 0) is 36.4 Å². The van der Waals surface area contributed by atoms with E-state index in [1.54, 1.807) is 12.1 Å². The van der Waals surface area contributed by atoms with Crippen molar-refractivity contribution < 1.29 is 13.2 Å². The molecule has 3 aromatic carbocycles. The zero-order chi connectivity index (χ0) is 20.7. The maximum atomic E-state index is 13.2. The van der Waals surface area contributed by atoms with Crippen LogP contribution in [0.4, 0.5) is 24.8 Å². The number of nitrogens with one attached hydrogen (secondary N) is 2. The van der Waals surface area contributed by atoms with Gasteiger partial charge in [0.15, 0.2) is 11.6 Å². The van der Waals surface area contributed by atoms with E-state index in [0.29, 0.717) is 17.2 Å². The van der Waals surface area contributed by atoms with Crippen LogP contribution in [0.5, 0.6) is 0 Å². The van der Waals surface area contributed by atoms with E-state index >= 15 is 0 Å². The van der Waals surface area contributed by atoms with Gasteiger partial charge in [-0.25, -0.2) is 9.97 Å². The molecular weight excluding hydrogens is 391 g/mol. The van der Waals surface area contributed by atoms with Crippen molar-refractivity contribution in [1.29, 1.82) is 0 Å². The number of aromatic amines is 1. The molecule has 5 nitrogen and oxygen atoms in total. The van der Waals surface area contributed by atoms with Crippen LogP contribution >= 0.6 is 0 Å². The van der Waals surface area contributed by atoms with Crippen LogP contribution in [0.1, 0.15) is 5.56 Å². The molecule has 0 bridgehead atoms. The van der Waals surface area contributed by atoms with Gasteiger partial charge in [-0.1, -0.05) is 36.4 Å². The third-order valence-corrected chi connectivity index (χ3v) is 4.76. The molecular formula is C22H14F3N5. The third-order valence-electron chi connectivity index (χ3n) is 4.76. The van der Waals surface area contributed by atoms with Gasteiger partial charge in [0, 0.05) is 16.3 Å². The van der Waals surface area contributed by atoms with Crippen molar-refractivity contribution in [3.05, 3.63) is 78.4 Å². The van der Waals surface area contributed by atoms with E-state index in [2.05, 4.69) is 25.5 Å². The van der Waals surface area contributed by atoms with E-state index in [1.165, 1.54) is 6.07 Å². The van der Waals surface area contributed by atoms with Crippen molar-refractivity contribution in [2.24, 2.45) is 0 Å². The van der Waals surface area contributed by atoms with Crippen molar-refractivity contribution in [2.75, 3.05) is 5.32 Å². The van der Waals surface area contributed by atoms with Crippen LogP contribution in [0.15, 0.2) is 72.8 Å². The number of nitrogens with zero attached hydrogens (tertiary/aromatic N) is 3. The minimum atomic E-state index is -4.44. The molecule has 0 atom stereocenters. The van der Waals surface area contributed by atoms with E-state index in [1.807, 2.05) is 42.5 Å². The maximum absolute atomic E-state index is 13.2. The van der Waals surface area contributed by atoms with Gasteiger partial charge in [-0.15, -0.1) is 0 Å². The highest BCUT2D eigenvalue weighted by atomic mass is 19.4. The monoisotopic (exact) mass is 405 g/mol. The Balaban J connectivity index is 1.65. The molecule has 2 aromatic heterocycles. The first-order valence-corrected chi connectivity index (χ1v) is 9.13. The summed E-state index contributed by atoms with van der Waals surface area (Å²) in [6, 6.07) is 19.9. The van der Waals surface area contributed by atoms with Crippen molar-refractivity contribution in [2.45, 2.75) is 6.18 Å². The number of halogens is 3. The number of rotatable bonds is 3. The number of fused-ring (bicyclic) bond motifs is 2. The molecule has 2 heterocycles. The molecule has 0 saturated carbocycles. The number of para-hydroxylation sites is 2. The summed E-state index contributed by atoms with van der Waals surface area (Å²) in [7, 11) is 0. The number of benzene rings is 3. The highest BCUT2D eigenvalue weighted by Gasteiger charge is 2.30. The van der Waals surface area contributed by atoms with Crippen LogP contribution in [0, 0.1) is 0 Å². The van der Waals surface area contributed by atoms with Crippen LogP contribution in [0.25, 0.3) is 33.2 Å². The lowest BCUT2D eigenvalue weighted by atomic mass is 10.1. The Morgan fingerprint density at radius 3 is 2.37 bits per heavy atom. The van der Waals surface area contributed by atoms with Crippen molar-refractivity contribution in [1.82, 2.24) is 20.2 Å². The summed E-state index contributed by atoms with van der Waals surface area (Å²) in [6.07, 6.45) is -4.44. The molecule has 0 aliphatic carbocycles. The number of aromatic nitrogens is 4. The summed E-state index contributed by atoms with van der Waals surface area (Å²) in [6.45, 7) is 0. The summed E-state index contributed by atoms with van der Waals surface area (Å²) in [5.74, 6) is 1.23. The Bertz CT molecular complexity index is 1370. The Hall–Kier alpha value is -3.94. The first kappa shape index (κ1) is 18.1. The van der Waals surface area contributed by atoms with Gasteiger partial charge in [-0.3, -0.25) is 5.10 Å². The standard InChI is InChI=1S/C22H14F3N5/c23-22(24,25)14-7-5-6-13(12-14)19-26-17-10-3-1-8-15(17)20(27-19)28-21-16-9-2-4-11-18(16)29-30-21/h1-12H,(H2,26,27,28,29,30). The normalized spacial score (nSPS) is 11.8. The predicted octanol–water partition coefficient (Wildman–Crippen LogP) is 5.94. The van der Waals surface area contributed by atoms with E-state index in [4.69, 9.17) is 0 Å². The quantitative estimate of drug-likeness (QED) is 0.390. The Morgan fingerprint density at radius 1 is 0.767 bits per heavy atom. The number of anilines is 2. The molecule has 5 aromatic rings. The van der Waals surface area contributed by atoms with E-state index in [0.717, 1.165) is 28.4 Å². The van der Waals surface area contributed by atoms with Crippen LogP contribution in [0.3, 0.4) is 0 Å². The fraction of sp³-hybridized carbons (Fsp3) is 0.0455. The van der Waals surface area contributed by atoms with Crippen molar-refractivity contribution in [3.63, 3.8) is 0 Å². The van der Waals surface area contributed by atoms with Crippen molar-refractivity contribution >= 4 is 33.4 Å². The second-order valence-electron chi connectivity index (χ2n) is 6.73. The van der Waals surface area contributed by atoms with E-state index in [9.17, 15) is 13.2 Å². The third kappa shape index (κ3) is 3.22. The first-order chi connectivity index (χ1) is 14.5. The van der Waals surface area contributed by atoms with Crippen LogP contribution in [-0.2, 0) is 6.18 Å². The molecule has 0 spiro atoms. The summed E-state index contributed by atoms with van der Waals surface area (Å²) in [4.78, 5) is 9.01. The zero-order valence-corrected chi connectivity index (χ0v) is 15.4. The first-order valence-electron chi connectivity index (χ1n) is 9.13. The molecule has 0 unspecified atom stereocenters. The van der Waals surface area contributed by atoms with E-state index in [-0.39, 0.29) is 11.4 Å². The maximum Gasteiger partial charge on any atom is 0.416 e. The molecule has 0 amide bonds. The van der Waals surface area contributed by atoms with Crippen LogP contribution < -0.4 is 5.32 Å². The van der Waals surface area contributed by atoms with Gasteiger partial charge in [0.2, 0.25) is 0 Å². The minimum absolute atomic E-state index is 0.196. The molecule has 148 valence electrons. The smallest absolute Gasteiger partial charge is 0.322 e. The summed E-state index contributed by atoms with van der Waals surface area (Å²) in [5, 5.41) is 12.1. The molecule has 2 N–H and O–H groups in total. The summed E-state index contributed by atoms with van der Waals surface area (Å²) in [5.41, 5.74) is 1.01. The van der Waals surface area contributed by atoms with Gasteiger partial charge in [0.05, 0.1) is 16.6 Å². The number of hydrogen-bond donors (Lipinski definition) is 2. The van der Waals surface area contributed by atoms with Gasteiger partial charge in [0.25, 0.3) is 0 Å². The van der Waals surface area contributed by atoms with Gasteiger partial charge in [0.1, 0.15) is 5.82 Å². The Kier molecular flexibility index (Phi) is 4.13. The number of alkyl halides is 3. The Labute approximate surface area is 168 Å². The lowest BCUT2D eigenvalue weighted by Crippen LogP contribution is -2.05. The number of hydrogen-bond acceptors (Lipinski definition) is 4. The Morgan fingerprint density at radius 2 is 1.53 bits per heavy atom. The largest absolute Gasteiger partial charge is 0.416 e. The molecule has 0 fully saturated rings. The van der Waals surface area contributed by atoms with E-state index < -0.39 is 11.7 Å². The number of H-pyrrole nitrogens is 1.